The fourth-order valence-corrected chi connectivity index (χ4v) is 0. The highest BCUT2D eigenvalue weighted by molar-refractivity contribution is 14.2. The van der Waals surface area contributed by atoms with Crippen molar-refractivity contribution in [3.63, 3.8) is 0 Å². The first kappa shape index (κ1) is 17.3. The molecule has 0 spiro atoms. The van der Waals surface area contributed by atoms with Crippen molar-refractivity contribution in [2.24, 2.45) is 0 Å². The van der Waals surface area contributed by atoms with Crippen molar-refractivity contribution in [1.29, 1.82) is 0 Å². The smallest absolute Gasteiger partial charge is 0.218 e. The Labute approximate surface area is 102 Å². The van der Waals surface area contributed by atoms with Crippen LogP contribution < -0.4 is 0 Å². The molecule has 0 aromatic heterocycles. The summed E-state index contributed by atoms with van der Waals surface area (Å²) in [6.45, 7) is 1.29. The number of carbonyl (C=O) groups excluding carboxylic acids is 1. The van der Waals surface area contributed by atoms with Crippen LogP contribution in [0.2, 0.25) is 0 Å². The van der Waals surface area contributed by atoms with Crippen molar-refractivity contribution < 1.29 is 4.79 Å². The van der Waals surface area contributed by atoms with Gasteiger partial charge in [-0.3, -0.25) is 4.79 Å². The molecule has 9 heavy (non-hydrogen) atoms. The van der Waals surface area contributed by atoms with Crippen molar-refractivity contribution in [3.05, 3.63) is 0 Å². The number of hydrogen-bond donors (Lipinski definition) is 0. The maximum atomic E-state index is 9.21. The van der Waals surface area contributed by atoms with Gasteiger partial charge in [0.25, 0.3) is 0 Å². The highest BCUT2D eigenvalue weighted by Gasteiger charge is 1.67. The second kappa shape index (κ2) is 22.5. The van der Waals surface area contributed by atoms with E-state index in [4.69, 9.17) is 0 Å². The van der Waals surface area contributed by atoms with Crippen molar-refractivity contribution in [2.45, 2.75) is 6.92 Å². The molecule has 5 heteroatoms. The number of rotatable bonds is 0. The van der Waals surface area contributed by atoms with E-state index in [9.17, 15) is 4.79 Å². The molecule has 0 aliphatic carbocycles. The summed E-state index contributed by atoms with van der Waals surface area (Å²) >= 11 is 11.3. The standard InChI is InChI=1S/C2H3ClO.CH2I2.CH3I/c1-2(3)4;2-1-3;1-2/h1H3;1H2;1H3. The monoisotopic (exact) mass is 488 g/mol. The Morgan fingerprint density at radius 1 is 1.44 bits per heavy atom. The van der Waals surface area contributed by atoms with Crippen LogP contribution in [0.5, 0.6) is 0 Å². The lowest BCUT2D eigenvalue weighted by Crippen LogP contribution is -1.62. The Kier molecular flexibility index (Phi) is 43.2. The molecule has 0 radical (unpaired) electrons. The van der Waals surface area contributed by atoms with Crippen molar-refractivity contribution in [3.8, 4) is 0 Å². The molecular weight excluding hydrogens is 480 g/mol. The second-order valence-corrected chi connectivity index (χ2v) is 5.55. The minimum Gasteiger partial charge on any atom is -0.282 e. The normalized spacial score (nSPS) is 5.56. The maximum absolute atomic E-state index is 9.21. The lowest BCUT2D eigenvalue weighted by atomic mass is 10.9. The zero-order valence-electron chi connectivity index (χ0n) is 5.13. The summed E-state index contributed by atoms with van der Waals surface area (Å²) in [5, 5.41) is -0.361. The van der Waals surface area contributed by atoms with Crippen LogP contribution in [0.4, 0.5) is 0 Å². The van der Waals surface area contributed by atoms with Crippen molar-refractivity contribution in [1.82, 2.24) is 0 Å². The molecule has 0 atom stereocenters. The summed E-state index contributed by atoms with van der Waals surface area (Å²) in [4.78, 5) is 11.2. The molecular formula is C4H8ClI3O. The highest BCUT2D eigenvalue weighted by Crippen LogP contribution is 1.86. The van der Waals surface area contributed by atoms with Crippen LogP contribution in [0.25, 0.3) is 0 Å². The van der Waals surface area contributed by atoms with E-state index < -0.39 is 0 Å². The van der Waals surface area contributed by atoms with Crippen LogP contribution in [0.15, 0.2) is 0 Å². The zero-order chi connectivity index (χ0) is 8.28. The summed E-state index contributed by atoms with van der Waals surface area (Å²) in [7, 11) is 0. The molecule has 0 amide bonds. The predicted octanol–water partition coefficient (Wildman–Crippen LogP) is 3.64. The largest absolute Gasteiger partial charge is 0.282 e. The first-order valence-electron chi connectivity index (χ1n) is 1.81. The van der Waals surface area contributed by atoms with E-state index in [-0.39, 0.29) is 5.24 Å². The van der Waals surface area contributed by atoms with Gasteiger partial charge in [0.1, 0.15) is 0 Å². The topological polar surface area (TPSA) is 17.1 Å². The summed E-state index contributed by atoms with van der Waals surface area (Å²) in [5.41, 5.74) is 0. The maximum Gasteiger partial charge on any atom is 0.218 e. The molecule has 0 fully saturated rings. The number of carbonyl (C=O) groups is 1. The third-order valence-corrected chi connectivity index (χ3v) is 0. The predicted molar refractivity (Wildman–Crippen MR) is 69.4 cm³/mol. The molecule has 0 unspecified atom stereocenters. The van der Waals surface area contributed by atoms with E-state index in [0.717, 1.165) is 0 Å². The van der Waals surface area contributed by atoms with Gasteiger partial charge >= 0.3 is 0 Å². The van der Waals surface area contributed by atoms with Gasteiger partial charge in [0.05, 0.1) is 2.43 Å². The lowest BCUT2D eigenvalue weighted by molar-refractivity contribution is -0.109. The molecule has 0 saturated heterocycles. The Bertz CT molecular complexity index is 47.1. The third kappa shape index (κ3) is 146. The van der Waals surface area contributed by atoms with Gasteiger partial charge in [0, 0.05) is 6.92 Å². The van der Waals surface area contributed by atoms with E-state index in [1.807, 2.05) is 4.93 Å². The van der Waals surface area contributed by atoms with Crippen molar-refractivity contribution in [2.75, 3.05) is 7.36 Å². The third-order valence-electron chi connectivity index (χ3n) is 0. The molecule has 0 aromatic carbocycles. The molecule has 58 valence electrons. The van der Waals surface area contributed by atoms with Crippen LogP contribution in [-0.4, -0.2) is 12.6 Å². The van der Waals surface area contributed by atoms with Crippen LogP contribution in [0.3, 0.4) is 0 Å². The fourth-order valence-electron chi connectivity index (χ4n) is 0. The Morgan fingerprint density at radius 3 is 1.44 bits per heavy atom. The minimum absolute atomic E-state index is 0.361. The summed E-state index contributed by atoms with van der Waals surface area (Å²) in [5.74, 6) is 0. The molecule has 0 rings (SSSR count). The van der Waals surface area contributed by atoms with Crippen LogP contribution in [0, 0.1) is 0 Å². The molecule has 0 aromatic rings. The number of halogens is 4. The molecule has 0 N–H and O–H groups in total. The summed E-state index contributed by atoms with van der Waals surface area (Å²) in [6, 6.07) is 0. The first-order valence-corrected chi connectivity index (χ1v) is 7.39. The fraction of sp³-hybridized carbons (Fsp3) is 0.750. The quantitative estimate of drug-likeness (QED) is 0.289. The summed E-state index contributed by atoms with van der Waals surface area (Å²) in [6.07, 6.45) is 0. The van der Waals surface area contributed by atoms with Gasteiger partial charge in [0.15, 0.2) is 0 Å². The molecule has 0 saturated carbocycles. The zero-order valence-corrected chi connectivity index (χ0v) is 12.4. The van der Waals surface area contributed by atoms with Gasteiger partial charge in [-0.2, -0.15) is 0 Å². The molecule has 0 heterocycles. The average Bonchev–Trinajstić information content (AvgIpc) is 1.71. The molecule has 0 aliphatic heterocycles. The summed E-state index contributed by atoms with van der Waals surface area (Å²) < 4.78 is 1.19. The SMILES string of the molecule is CC(=O)Cl.CI.ICI. The number of alkyl halides is 3. The molecule has 1 nitrogen and oxygen atoms in total. The van der Waals surface area contributed by atoms with Gasteiger partial charge in [-0.05, 0) is 16.5 Å². The van der Waals surface area contributed by atoms with E-state index in [2.05, 4.69) is 79.4 Å². The van der Waals surface area contributed by atoms with E-state index in [1.165, 1.54) is 9.36 Å². The Hall–Kier alpha value is 2.15. The number of hydrogen-bond acceptors (Lipinski definition) is 1. The minimum atomic E-state index is -0.361. The highest BCUT2D eigenvalue weighted by atomic mass is 127. The van der Waals surface area contributed by atoms with Gasteiger partial charge in [-0.15, -0.1) is 0 Å². The Morgan fingerprint density at radius 2 is 1.44 bits per heavy atom. The van der Waals surface area contributed by atoms with E-state index >= 15 is 0 Å². The van der Waals surface area contributed by atoms with E-state index in [0.29, 0.717) is 0 Å². The molecule has 0 bridgehead atoms. The van der Waals surface area contributed by atoms with Crippen molar-refractivity contribution >= 4 is 84.6 Å². The van der Waals surface area contributed by atoms with E-state index in [1.54, 1.807) is 0 Å². The molecule has 0 aliphatic rings. The Balaban J connectivity index is -0.0000000646. The van der Waals surface area contributed by atoms with Crippen LogP contribution >= 0.6 is 79.4 Å². The van der Waals surface area contributed by atoms with Gasteiger partial charge in [-0.25, -0.2) is 0 Å². The average molecular weight is 488 g/mol. The first-order chi connectivity index (χ1) is 4.15. The lowest BCUT2D eigenvalue weighted by Gasteiger charge is -1.52. The van der Waals surface area contributed by atoms with Crippen LogP contribution in [-0.2, 0) is 4.79 Å². The van der Waals surface area contributed by atoms with Gasteiger partial charge in [-0.1, -0.05) is 67.8 Å². The van der Waals surface area contributed by atoms with Gasteiger partial charge < -0.3 is 0 Å². The second-order valence-electron chi connectivity index (χ2n) is 0.571. The van der Waals surface area contributed by atoms with Crippen LogP contribution in [0.1, 0.15) is 6.92 Å². The van der Waals surface area contributed by atoms with Gasteiger partial charge in [0.2, 0.25) is 5.24 Å².